The van der Waals surface area contributed by atoms with Gasteiger partial charge < -0.3 is 24.6 Å². The number of aryl methyl sites for hydroxylation is 1. The van der Waals surface area contributed by atoms with Crippen LogP contribution in [0.1, 0.15) is 101 Å². The van der Waals surface area contributed by atoms with Gasteiger partial charge in [-0.15, -0.1) is 0 Å². The number of ether oxygens (including phenoxy) is 3. The van der Waals surface area contributed by atoms with E-state index in [1.807, 2.05) is 36.5 Å². The van der Waals surface area contributed by atoms with Gasteiger partial charge in [-0.2, -0.15) is 0 Å². The predicted molar refractivity (Wildman–Crippen MR) is 197 cm³/mol. The quantitative estimate of drug-likeness (QED) is 0.194. The summed E-state index contributed by atoms with van der Waals surface area (Å²) in [5, 5.41) is 14.6. The molecule has 1 saturated carbocycles. The Morgan fingerprint density at radius 2 is 1.88 bits per heavy atom. The van der Waals surface area contributed by atoms with Crippen molar-refractivity contribution in [2.24, 2.45) is 11.8 Å². The highest BCUT2D eigenvalue weighted by molar-refractivity contribution is 6.30. The van der Waals surface area contributed by atoms with Gasteiger partial charge in [-0.3, -0.25) is 9.88 Å². The molecule has 2 N–H and O–H groups in total. The Hall–Kier alpha value is -3.49. The Morgan fingerprint density at radius 3 is 2.60 bits per heavy atom. The lowest BCUT2D eigenvalue weighted by atomic mass is 9.59. The zero-order valence-electron chi connectivity index (χ0n) is 30.0. The highest BCUT2D eigenvalue weighted by atomic mass is 35.5. The van der Waals surface area contributed by atoms with Gasteiger partial charge in [0.05, 0.1) is 13.2 Å². The van der Waals surface area contributed by atoms with Crippen LogP contribution in [-0.4, -0.2) is 59.0 Å². The molecule has 1 aliphatic heterocycles. The highest BCUT2D eigenvalue weighted by Gasteiger charge is 2.54. The number of nitrogens with zero attached hydrogens (tertiary/aromatic N) is 2. The predicted octanol–water partition coefficient (Wildman–Crippen LogP) is 8.64. The molecule has 0 bridgehead atoms. The van der Waals surface area contributed by atoms with Crippen molar-refractivity contribution < 1.29 is 24.1 Å². The molecule has 2 aromatic carbocycles. The molecule has 1 fully saturated rings. The van der Waals surface area contributed by atoms with Crippen LogP contribution in [0.5, 0.6) is 17.2 Å². The molecule has 268 valence electrons. The second kappa shape index (κ2) is 14.3. The maximum absolute atomic E-state index is 13.0. The third-order valence-electron chi connectivity index (χ3n) is 12.2. The number of aromatic nitrogens is 1. The lowest BCUT2D eigenvalue weighted by Gasteiger charge is -2.47. The number of carboxylic acid groups (broad SMARTS) is 1. The number of aliphatic carboxylic acids is 1. The molecule has 7 rings (SSSR count). The van der Waals surface area contributed by atoms with Crippen molar-refractivity contribution in [1.29, 1.82) is 0 Å². The fraction of sp³-hybridized carbons (Fsp3) is 0.561. The van der Waals surface area contributed by atoms with E-state index < -0.39 is 11.5 Å². The van der Waals surface area contributed by atoms with Gasteiger partial charge in [-0.1, -0.05) is 45.4 Å². The van der Waals surface area contributed by atoms with Gasteiger partial charge in [-0.25, -0.2) is 4.79 Å². The summed E-state index contributed by atoms with van der Waals surface area (Å²) in [6, 6.07) is 13.8. The summed E-state index contributed by atoms with van der Waals surface area (Å²) >= 11 is 6.29. The molecule has 1 aromatic heterocycles. The van der Waals surface area contributed by atoms with Crippen molar-refractivity contribution in [3.63, 3.8) is 0 Å². The van der Waals surface area contributed by atoms with Gasteiger partial charge in [0.1, 0.15) is 11.3 Å². The summed E-state index contributed by atoms with van der Waals surface area (Å²) in [7, 11) is 0. The van der Waals surface area contributed by atoms with E-state index in [4.69, 9.17) is 25.8 Å². The van der Waals surface area contributed by atoms with Crippen molar-refractivity contribution in [1.82, 2.24) is 9.88 Å². The molecular weight excluding hydrogens is 650 g/mol. The molecule has 3 aliphatic carbocycles. The Balaban J connectivity index is 1.14. The van der Waals surface area contributed by atoms with Crippen LogP contribution in [0.15, 0.2) is 48.7 Å². The minimum atomic E-state index is -1.07. The first-order valence-corrected chi connectivity index (χ1v) is 19.1. The van der Waals surface area contributed by atoms with E-state index in [1.54, 1.807) is 0 Å². The van der Waals surface area contributed by atoms with Crippen LogP contribution >= 0.6 is 11.6 Å². The van der Waals surface area contributed by atoms with Gasteiger partial charge in [0, 0.05) is 28.2 Å². The number of hydrogen-bond acceptors (Lipinski definition) is 7. The number of benzene rings is 2. The van der Waals surface area contributed by atoms with Crippen LogP contribution < -0.4 is 19.5 Å². The van der Waals surface area contributed by atoms with Crippen LogP contribution in [-0.2, 0) is 23.1 Å². The lowest BCUT2D eigenvalue weighted by molar-refractivity contribution is -0.144. The third-order valence-corrected chi connectivity index (χ3v) is 12.4. The number of nitrogens with one attached hydrogen (secondary N) is 1. The van der Waals surface area contributed by atoms with Crippen molar-refractivity contribution in [2.75, 3.05) is 31.6 Å². The van der Waals surface area contributed by atoms with Gasteiger partial charge in [0.25, 0.3) is 6.29 Å². The van der Waals surface area contributed by atoms with Gasteiger partial charge in [0.2, 0.25) is 0 Å². The first-order chi connectivity index (χ1) is 24.1. The molecule has 1 unspecified atom stereocenters. The molecule has 4 atom stereocenters. The van der Waals surface area contributed by atoms with E-state index in [-0.39, 0.29) is 11.7 Å². The molecule has 0 saturated heterocycles. The molecule has 9 heteroatoms. The van der Waals surface area contributed by atoms with Gasteiger partial charge in [0.15, 0.2) is 11.5 Å². The average molecular weight is 702 g/mol. The van der Waals surface area contributed by atoms with Crippen LogP contribution in [0.25, 0.3) is 0 Å². The van der Waals surface area contributed by atoms with Crippen LogP contribution in [0.4, 0.5) is 5.69 Å². The molecule has 8 nitrogen and oxygen atoms in total. The Kier molecular flexibility index (Phi) is 9.97. The number of rotatable bonds is 12. The standard InChI is InChI=1S/C41H52ClN3O5/c1-5-45(6-2)24-37-49-35-21-28-20-29(19-26(3)25-48-34-13-18-43-33-12-7-9-27(4)38(33)34)40(32(28)23-36(35)50-37)14-16-41(17-15-40,39(46)47)44-31-11-8-10-30(42)22-31/h8,10-11,13,18,21-23,26-27,29,37,44H,5-7,9,12,14-17,19-20,24-25H2,1-4H3,(H,46,47)/t26-,27-,29+,37?,40?,41?/m1/s1. The summed E-state index contributed by atoms with van der Waals surface area (Å²) in [4.78, 5) is 20.0. The Labute approximate surface area is 301 Å². The summed E-state index contributed by atoms with van der Waals surface area (Å²) in [5.74, 6) is 2.91. The molecule has 50 heavy (non-hydrogen) atoms. The lowest BCUT2D eigenvalue weighted by Crippen LogP contribution is -2.53. The van der Waals surface area contributed by atoms with Gasteiger partial charge >= 0.3 is 5.97 Å². The number of carbonyl (C=O) groups is 1. The molecule has 2 heterocycles. The maximum atomic E-state index is 13.0. The first-order valence-electron chi connectivity index (χ1n) is 18.7. The SMILES string of the molecule is CCN(CC)CC1Oc2cc3c(cc2O1)C1(CCC(Nc2cccc(Cl)c2)(C(=O)O)CC1)[C@@H](C[C@@H](C)COc1ccnc2c1[C@H](C)CCC2)C3. The van der Waals surface area contributed by atoms with Crippen LogP contribution in [0, 0.1) is 11.8 Å². The normalized spacial score (nSPS) is 27.2. The van der Waals surface area contributed by atoms with Crippen molar-refractivity contribution in [3.8, 4) is 17.2 Å². The van der Waals surface area contributed by atoms with E-state index in [0.717, 1.165) is 68.1 Å². The fourth-order valence-corrected chi connectivity index (χ4v) is 9.56. The molecule has 1 spiro atoms. The van der Waals surface area contributed by atoms with Crippen molar-refractivity contribution in [3.05, 3.63) is 76.1 Å². The Morgan fingerprint density at radius 1 is 1.12 bits per heavy atom. The second-order valence-corrected chi connectivity index (χ2v) is 15.7. The summed E-state index contributed by atoms with van der Waals surface area (Å²) < 4.78 is 19.4. The fourth-order valence-electron chi connectivity index (χ4n) is 9.37. The highest BCUT2D eigenvalue weighted by Crippen LogP contribution is 2.58. The summed E-state index contributed by atoms with van der Waals surface area (Å²) in [6.45, 7) is 12.1. The van der Waals surface area contributed by atoms with E-state index in [2.05, 4.69) is 55.0 Å². The molecule has 0 amide bonds. The molecule has 4 aliphatic rings. The van der Waals surface area contributed by atoms with Crippen molar-refractivity contribution >= 4 is 23.3 Å². The third kappa shape index (κ3) is 6.66. The topological polar surface area (TPSA) is 93.2 Å². The number of hydrogen-bond donors (Lipinski definition) is 2. The number of anilines is 1. The molecule has 3 aromatic rings. The largest absolute Gasteiger partial charge is 0.493 e. The number of likely N-dealkylation sites (N-methyl/N-ethyl adjacent to an activating group) is 1. The number of carboxylic acids is 1. The van der Waals surface area contributed by atoms with E-state index in [0.29, 0.717) is 48.8 Å². The minimum Gasteiger partial charge on any atom is -0.493 e. The number of pyridine rings is 1. The monoisotopic (exact) mass is 701 g/mol. The van der Waals surface area contributed by atoms with Gasteiger partial charge in [-0.05, 0) is 142 Å². The summed E-state index contributed by atoms with van der Waals surface area (Å²) in [6.07, 6.45) is 9.39. The second-order valence-electron chi connectivity index (χ2n) is 15.3. The Bertz CT molecular complexity index is 1700. The first kappa shape index (κ1) is 34.9. The summed E-state index contributed by atoms with van der Waals surface area (Å²) in [5.41, 5.74) is 4.58. The zero-order chi connectivity index (χ0) is 35.0. The molecule has 0 radical (unpaired) electrons. The molecular formula is C41H52ClN3O5. The van der Waals surface area contributed by atoms with E-state index in [1.165, 1.54) is 35.2 Å². The van der Waals surface area contributed by atoms with Crippen LogP contribution in [0.3, 0.4) is 0 Å². The van der Waals surface area contributed by atoms with E-state index >= 15 is 0 Å². The number of fused-ring (bicyclic) bond motifs is 4. The smallest absolute Gasteiger partial charge is 0.329 e. The van der Waals surface area contributed by atoms with E-state index in [9.17, 15) is 9.90 Å². The minimum absolute atomic E-state index is 0.168. The number of halogens is 1. The van der Waals surface area contributed by atoms with Crippen LogP contribution in [0.2, 0.25) is 5.02 Å². The zero-order valence-corrected chi connectivity index (χ0v) is 30.7. The maximum Gasteiger partial charge on any atom is 0.329 e. The van der Waals surface area contributed by atoms with Crippen molar-refractivity contribution in [2.45, 2.75) is 109 Å². The average Bonchev–Trinajstić information content (AvgIpc) is 3.63.